The van der Waals surface area contributed by atoms with E-state index in [1.807, 2.05) is 13.8 Å². The first-order chi connectivity index (χ1) is 8.97. The summed E-state index contributed by atoms with van der Waals surface area (Å²) in [5.74, 6) is 0.757. The maximum Gasteiger partial charge on any atom is 0.236 e. The van der Waals surface area contributed by atoms with Gasteiger partial charge in [-0.1, -0.05) is 15.9 Å². The molecule has 0 aromatic carbocycles. The zero-order valence-electron chi connectivity index (χ0n) is 11.3. The van der Waals surface area contributed by atoms with E-state index in [0.717, 1.165) is 31.9 Å². The maximum absolute atomic E-state index is 12.0. The summed E-state index contributed by atoms with van der Waals surface area (Å²) in [5, 5.41) is 3.08. The van der Waals surface area contributed by atoms with E-state index >= 15 is 0 Å². The Morgan fingerprint density at radius 1 is 1.47 bits per heavy atom. The van der Waals surface area contributed by atoms with Gasteiger partial charge in [0.05, 0.1) is 4.32 Å². The van der Waals surface area contributed by atoms with Crippen LogP contribution in [-0.4, -0.2) is 39.3 Å². The summed E-state index contributed by atoms with van der Waals surface area (Å²) in [6.45, 7) is 5.40. The van der Waals surface area contributed by atoms with Crippen molar-refractivity contribution in [2.24, 2.45) is 0 Å². The van der Waals surface area contributed by atoms with Gasteiger partial charge in [-0.3, -0.25) is 4.79 Å². The van der Waals surface area contributed by atoms with Crippen molar-refractivity contribution in [1.29, 1.82) is 0 Å². The molecule has 1 aromatic rings. The normalized spacial score (nSPS) is 20.2. The second-order valence-electron chi connectivity index (χ2n) is 5.28. The van der Waals surface area contributed by atoms with Gasteiger partial charge in [-0.15, -0.1) is 0 Å². The van der Waals surface area contributed by atoms with Crippen LogP contribution in [0.3, 0.4) is 0 Å². The lowest BCUT2D eigenvalue weighted by atomic mass is 10.0. The number of anilines is 1. The highest BCUT2D eigenvalue weighted by atomic mass is 79.9. The van der Waals surface area contributed by atoms with Crippen LogP contribution in [0.15, 0.2) is 18.5 Å². The van der Waals surface area contributed by atoms with Crippen LogP contribution in [0.5, 0.6) is 0 Å². The Balaban J connectivity index is 1.96. The second-order valence-corrected chi connectivity index (χ2v) is 7.26. The minimum absolute atomic E-state index is 0.0216. The van der Waals surface area contributed by atoms with E-state index < -0.39 is 4.32 Å². The molecule has 0 aliphatic carbocycles. The van der Waals surface area contributed by atoms with Gasteiger partial charge in [0.15, 0.2) is 0 Å². The first-order valence-electron chi connectivity index (χ1n) is 6.48. The number of hydrogen-bond acceptors (Lipinski definition) is 4. The lowest BCUT2D eigenvalue weighted by molar-refractivity contribution is -0.123. The van der Waals surface area contributed by atoms with Crippen molar-refractivity contribution in [2.45, 2.75) is 37.1 Å². The van der Waals surface area contributed by atoms with E-state index in [-0.39, 0.29) is 11.9 Å². The summed E-state index contributed by atoms with van der Waals surface area (Å²) < 4.78 is -0.529. The van der Waals surface area contributed by atoms with Crippen molar-refractivity contribution in [1.82, 2.24) is 15.3 Å². The highest BCUT2D eigenvalue weighted by Crippen LogP contribution is 2.19. The number of nitrogens with one attached hydrogen (secondary N) is 1. The third-order valence-corrected chi connectivity index (χ3v) is 3.49. The molecule has 0 bridgehead atoms. The van der Waals surface area contributed by atoms with Gasteiger partial charge >= 0.3 is 0 Å². The van der Waals surface area contributed by atoms with Crippen LogP contribution in [0.4, 0.5) is 5.95 Å². The third-order valence-electron chi connectivity index (χ3n) is 3.13. The predicted molar refractivity (Wildman–Crippen MR) is 78.4 cm³/mol. The monoisotopic (exact) mass is 326 g/mol. The van der Waals surface area contributed by atoms with E-state index in [1.165, 1.54) is 0 Å². The van der Waals surface area contributed by atoms with Crippen LogP contribution in [-0.2, 0) is 4.79 Å². The number of halogens is 1. The van der Waals surface area contributed by atoms with Gasteiger partial charge in [0, 0.05) is 31.5 Å². The van der Waals surface area contributed by atoms with Crippen LogP contribution < -0.4 is 10.2 Å². The summed E-state index contributed by atoms with van der Waals surface area (Å²) in [6.07, 6.45) is 5.52. The summed E-state index contributed by atoms with van der Waals surface area (Å²) in [6, 6.07) is 1.96. The second kappa shape index (κ2) is 5.86. The smallest absolute Gasteiger partial charge is 0.236 e. The molecule has 104 valence electrons. The minimum atomic E-state index is -0.529. The van der Waals surface area contributed by atoms with E-state index in [4.69, 9.17) is 0 Å². The van der Waals surface area contributed by atoms with Crippen molar-refractivity contribution >= 4 is 27.8 Å². The lowest BCUT2D eigenvalue weighted by Gasteiger charge is -2.34. The minimum Gasteiger partial charge on any atom is -0.350 e. The van der Waals surface area contributed by atoms with Gasteiger partial charge in [-0.2, -0.15) is 0 Å². The molecule has 1 amide bonds. The largest absolute Gasteiger partial charge is 0.350 e. The molecule has 1 atom stereocenters. The number of nitrogens with zero attached hydrogens (tertiary/aromatic N) is 3. The zero-order valence-corrected chi connectivity index (χ0v) is 12.9. The highest BCUT2D eigenvalue weighted by molar-refractivity contribution is 9.10. The number of aromatic nitrogens is 2. The fraction of sp³-hybridized carbons (Fsp3) is 0.615. The molecule has 19 heavy (non-hydrogen) atoms. The number of amides is 1. The van der Waals surface area contributed by atoms with E-state index in [9.17, 15) is 4.79 Å². The fourth-order valence-electron chi connectivity index (χ4n) is 2.09. The molecule has 2 heterocycles. The molecule has 0 saturated carbocycles. The molecule has 1 N–H and O–H groups in total. The summed E-state index contributed by atoms with van der Waals surface area (Å²) >= 11 is 3.38. The van der Waals surface area contributed by atoms with Crippen molar-refractivity contribution < 1.29 is 4.79 Å². The molecule has 1 fully saturated rings. The number of piperidine rings is 1. The number of carbonyl (C=O) groups is 1. The number of carbonyl (C=O) groups excluding carboxylic acids is 1. The Hall–Kier alpha value is -1.17. The SMILES string of the molecule is CC(C)(Br)C(=O)NC1CCCN(c2ncccn2)C1. The topological polar surface area (TPSA) is 58.1 Å². The number of hydrogen-bond donors (Lipinski definition) is 1. The van der Waals surface area contributed by atoms with Gasteiger partial charge < -0.3 is 10.2 Å². The Kier molecular flexibility index (Phi) is 4.39. The quantitative estimate of drug-likeness (QED) is 0.859. The first kappa shape index (κ1) is 14.2. The molecular weight excluding hydrogens is 308 g/mol. The Bertz CT molecular complexity index is 432. The average molecular weight is 327 g/mol. The molecule has 1 aromatic heterocycles. The zero-order chi connectivity index (χ0) is 13.9. The van der Waals surface area contributed by atoms with Gasteiger partial charge in [0.2, 0.25) is 11.9 Å². The molecule has 2 rings (SSSR count). The van der Waals surface area contributed by atoms with Gasteiger partial charge in [-0.05, 0) is 32.8 Å². The van der Waals surface area contributed by atoms with Crippen LogP contribution in [0.1, 0.15) is 26.7 Å². The first-order valence-corrected chi connectivity index (χ1v) is 7.28. The highest BCUT2D eigenvalue weighted by Gasteiger charge is 2.28. The van der Waals surface area contributed by atoms with Gasteiger partial charge in [-0.25, -0.2) is 9.97 Å². The van der Waals surface area contributed by atoms with Crippen molar-refractivity contribution in [2.75, 3.05) is 18.0 Å². The Labute approximate surface area is 121 Å². The molecule has 1 saturated heterocycles. The molecule has 5 nitrogen and oxygen atoms in total. The molecule has 1 aliphatic rings. The van der Waals surface area contributed by atoms with Crippen LogP contribution in [0.25, 0.3) is 0 Å². The fourth-order valence-corrected chi connectivity index (χ4v) is 2.20. The lowest BCUT2D eigenvalue weighted by Crippen LogP contribution is -2.51. The van der Waals surface area contributed by atoms with Gasteiger partial charge in [0.25, 0.3) is 0 Å². The molecule has 1 aliphatic heterocycles. The van der Waals surface area contributed by atoms with Crippen molar-refractivity contribution in [3.63, 3.8) is 0 Å². The van der Waals surface area contributed by atoms with Crippen molar-refractivity contribution in [3.8, 4) is 0 Å². The summed E-state index contributed by atoms with van der Waals surface area (Å²) in [4.78, 5) is 22.6. The molecular formula is C13H19BrN4O. The molecule has 0 spiro atoms. The number of rotatable bonds is 3. The average Bonchev–Trinajstić information content (AvgIpc) is 2.39. The van der Waals surface area contributed by atoms with E-state index in [1.54, 1.807) is 18.5 Å². The number of alkyl halides is 1. The van der Waals surface area contributed by atoms with E-state index in [2.05, 4.69) is 36.1 Å². The molecule has 0 radical (unpaired) electrons. The van der Waals surface area contributed by atoms with E-state index in [0.29, 0.717) is 0 Å². The van der Waals surface area contributed by atoms with Gasteiger partial charge in [0.1, 0.15) is 0 Å². The third kappa shape index (κ3) is 3.89. The summed E-state index contributed by atoms with van der Waals surface area (Å²) in [7, 11) is 0. The standard InChI is InChI=1S/C13H19BrN4O/c1-13(2,14)11(19)17-10-5-3-8-18(9-10)12-15-6-4-7-16-12/h4,6-7,10H,3,5,8-9H2,1-2H3,(H,17,19). The Morgan fingerprint density at radius 3 is 2.79 bits per heavy atom. The molecule has 6 heteroatoms. The van der Waals surface area contributed by atoms with Crippen LogP contribution >= 0.6 is 15.9 Å². The van der Waals surface area contributed by atoms with Crippen molar-refractivity contribution in [3.05, 3.63) is 18.5 Å². The predicted octanol–water partition coefficient (Wildman–Crippen LogP) is 1.74. The van der Waals surface area contributed by atoms with Crippen LogP contribution in [0.2, 0.25) is 0 Å². The molecule has 1 unspecified atom stereocenters. The summed E-state index contributed by atoms with van der Waals surface area (Å²) in [5.41, 5.74) is 0. The Morgan fingerprint density at radius 2 is 2.16 bits per heavy atom. The maximum atomic E-state index is 12.0. The van der Waals surface area contributed by atoms with Crippen LogP contribution in [0, 0.1) is 0 Å².